The molecule has 0 aliphatic heterocycles. The average molecular weight is 537 g/mol. The fraction of sp³-hybridized carbons (Fsp3) is 0.240. The van der Waals surface area contributed by atoms with E-state index >= 15 is 0 Å². The zero-order chi connectivity index (χ0) is 27.7. The Morgan fingerprint density at radius 2 is 1.68 bits per heavy atom. The predicted octanol–water partition coefficient (Wildman–Crippen LogP) is 5.36. The van der Waals surface area contributed by atoms with Crippen LogP contribution in [0, 0.1) is 6.92 Å². The Morgan fingerprint density at radius 3 is 2.19 bits per heavy atom. The first-order valence-corrected chi connectivity index (χ1v) is 12.7. The zero-order valence-corrected chi connectivity index (χ0v) is 21.0. The van der Waals surface area contributed by atoms with Crippen molar-refractivity contribution in [3.05, 3.63) is 77.0 Å². The average Bonchev–Trinajstić information content (AvgIpc) is 2.79. The molecule has 0 atom stereocenters. The van der Waals surface area contributed by atoms with Gasteiger partial charge in [-0.15, -0.1) is 0 Å². The first-order valence-electron chi connectivity index (χ1n) is 10.8. The summed E-state index contributed by atoms with van der Waals surface area (Å²) in [6, 6.07) is 10.0. The van der Waals surface area contributed by atoms with Crippen molar-refractivity contribution in [2.45, 2.75) is 37.9 Å². The number of sulfone groups is 1. The van der Waals surface area contributed by atoms with Crippen LogP contribution in [0.3, 0.4) is 0 Å². The largest absolute Gasteiger partial charge is 0.478 e. The number of halogens is 3. The number of aryl methyl sites for hydroxylation is 1. The lowest BCUT2D eigenvalue weighted by Gasteiger charge is -2.28. The molecular formula is C25H23F3N2O6S. The molecule has 0 saturated heterocycles. The van der Waals surface area contributed by atoms with Gasteiger partial charge < -0.3 is 14.7 Å². The van der Waals surface area contributed by atoms with E-state index in [4.69, 9.17) is 4.74 Å². The molecule has 1 aromatic heterocycles. The summed E-state index contributed by atoms with van der Waals surface area (Å²) >= 11 is 0. The van der Waals surface area contributed by atoms with Crippen LogP contribution in [0.5, 0.6) is 11.6 Å². The van der Waals surface area contributed by atoms with E-state index in [1.807, 2.05) is 6.92 Å². The summed E-state index contributed by atoms with van der Waals surface area (Å²) in [7, 11) is -3.98. The first kappa shape index (κ1) is 27.7. The van der Waals surface area contributed by atoms with Gasteiger partial charge in [0.2, 0.25) is 5.88 Å². The van der Waals surface area contributed by atoms with Crippen LogP contribution in [-0.4, -0.2) is 42.7 Å². The minimum absolute atomic E-state index is 0.0110. The van der Waals surface area contributed by atoms with Gasteiger partial charge in [-0.25, -0.2) is 18.2 Å². The first-order chi connectivity index (χ1) is 17.1. The van der Waals surface area contributed by atoms with Gasteiger partial charge in [-0.05, 0) is 57.2 Å². The number of anilines is 1. The van der Waals surface area contributed by atoms with E-state index in [-0.39, 0.29) is 11.4 Å². The lowest BCUT2D eigenvalue weighted by atomic mass is 10.1. The van der Waals surface area contributed by atoms with Crippen LogP contribution in [0.25, 0.3) is 0 Å². The minimum atomic E-state index is -5.01. The normalized spacial score (nSPS) is 11.9. The van der Waals surface area contributed by atoms with Crippen molar-refractivity contribution in [2.24, 2.45) is 0 Å². The number of benzene rings is 2. The van der Waals surface area contributed by atoms with Crippen LogP contribution < -0.4 is 9.64 Å². The molecule has 196 valence electrons. The third-order valence-corrected chi connectivity index (χ3v) is 6.35. The molecule has 1 amide bonds. The minimum Gasteiger partial charge on any atom is -0.478 e. The Bertz CT molecular complexity index is 1450. The number of aromatic nitrogens is 1. The topological polar surface area (TPSA) is 114 Å². The van der Waals surface area contributed by atoms with Gasteiger partial charge in [-0.3, -0.25) is 4.79 Å². The van der Waals surface area contributed by atoms with Crippen LogP contribution in [0.1, 0.15) is 45.7 Å². The van der Waals surface area contributed by atoms with Gasteiger partial charge in [0.1, 0.15) is 11.3 Å². The number of carboxylic acids is 1. The van der Waals surface area contributed by atoms with E-state index in [0.29, 0.717) is 17.8 Å². The highest BCUT2D eigenvalue weighted by atomic mass is 32.2. The van der Waals surface area contributed by atoms with E-state index in [9.17, 15) is 36.3 Å². The Morgan fingerprint density at radius 1 is 1.05 bits per heavy atom. The van der Waals surface area contributed by atoms with Gasteiger partial charge in [0, 0.05) is 24.1 Å². The summed E-state index contributed by atoms with van der Waals surface area (Å²) in [5.74, 6) is -3.18. The Balaban J connectivity index is 2.07. The smallest absolute Gasteiger partial charge is 0.421 e. The summed E-state index contributed by atoms with van der Waals surface area (Å²) in [6.45, 7) is 5.22. The number of amides is 1. The summed E-state index contributed by atoms with van der Waals surface area (Å²) in [5, 5.41) is 9.83. The molecule has 0 aliphatic rings. The molecule has 0 bridgehead atoms. The number of carbonyl (C=O) groups excluding carboxylic acids is 1. The quantitative estimate of drug-likeness (QED) is 0.433. The molecule has 0 radical (unpaired) electrons. The third-order valence-electron chi connectivity index (χ3n) is 5.27. The molecular weight excluding hydrogens is 513 g/mol. The van der Waals surface area contributed by atoms with Crippen molar-refractivity contribution < 1.29 is 41.0 Å². The number of hydrogen-bond acceptors (Lipinski definition) is 6. The van der Waals surface area contributed by atoms with Crippen molar-refractivity contribution in [3.63, 3.8) is 0 Å². The number of carboxylic acid groups (broad SMARTS) is 1. The summed E-state index contributed by atoms with van der Waals surface area (Å²) in [6.07, 6.45) is -3.55. The maximum Gasteiger partial charge on any atom is 0.421 e. The lowest BCUT2D eigenvalue weighted by Crippen LogP contribution is -2.38. The Kier molecular flexibility index (Phi) is 7.63. The fourth-order valence-corrected chi connectivity index (χ4v) is 4.03. The number of pyridine rings is 1. The van der Waals surface area contributed by atoms with Crippen molar-refractivity contribution >= 4 is 27.4 Å². The van der Waals surface area contributed by atoms with Crippen LogP contribution in [0.15, 0.2) is 59.6 Å². The second kappa shape index (κ2) is 10.2. The molecule has 0 aliphatic carbocycles. The lowest BCUT2D eigenvalue weighted by molar-refractivity contribution is -0.139. The van der Waals surface area contributed by atoms with Gasteiger partial charge in [-0.1, -0.05) is 17.7 Å². The predicted molar refractivity (Wildman–Crippen MR) is 129 cm³/mol. The van der Waals surface area contributed by atoms with Gasteiger partial charge in [0.05, 0.1) is 16.1 Å². The maximum absolute atomic E-state index is 13.6. The van der Waals surface area contributed by atoms with Crippen molar-refractivity contribution in [1.82, 2.24) is 4.98 Å². The second-order valence-corrected chi connectivity index (χ2v) is 10.5. The highest BCUT2D eigenvalue weighted by molar-refractivity contribution is 7.90. The molecule has 0 unspecified atom stereocenters. The van der Waals surface area contributed by atoms with Gasteiger partial charge >= 0.3 is 12.1 Å². The molecule has 1 N–H and O–H groups in total. The van der Waals surface area contributed by atoms with Crippen LogP contribution in [0.4, 0.5) is 18.9 Å². The molecule has 37 heavy (non-hydrogen) atoms. The van der Waals surface area contributed by atoms with Gasteiger partial charge in [0.15, 0.2) is 9.84 Å². The molecule has 3 aromatic rings. The highest BCUT2D eigenvalue weighted by Crippen LogP contribution is 2.39. The zero-order valence-electron chi connectivity index (χ0n) is 20.2. The van der Waals surface area contributed by atoms with E-state index in [1.54, 1.807) is 38.1 Å². The molecule has 0 spiro atoms. The molecule has 1 heterocycles. The molecule has 8 nitrogen and oxygen atoms in total. The van der Waals surface area contributed by atoms with E-state index in [0.717, 1.165) is 17.9 Å². The van der Waals surface area contributed by atoms with Crippen LogP contribution in [0.2, 0.25) is 0 Å². The van der Waals surface area contributed by atoms with Crippen molar-refractivity contribution in [1.29, 1.82) is 0 Å². The summed E-state index contributed by atoms with van der Waals surface area (Å²) in [4.78, 5) is 29.4. The van der Waals surface area contributed by atoms with Crippen molar-refractivity contribution in [3.8, 4) is 11.6 Å². The number of rotatable bonds is 7. The molecule has 2 aromatic carbocycles. The highest BCUT2D eigenvalue weighted by Gasteiger charge is 2.37. The van der Waals surface area contributed by atoms with Crippen molar-refractivity contribution in [2.75, 3.05) is 11.2 Å². The summed E-state index contributed by atoms with van der Waals surface area (Å²) in [5.41, 5.74) is -0.586. The number of hydrogen-bond donors (Lipinski definition) is 1. The van der Waals surface area contributed by atoms with Crippen LogP contribution >= 0.6 is 0 Å². The van der Waals surface area contributed by atoms with Crippen LogP contribution in [-0.2, 0) is 16.0 Å². The number of nitrogens with zero attached hydrogens (tertiary/aromatic N) is 2. The van der Waals surface area contributed by atoms with E-state index in [1.165, 1.54) is 17.0 Å². The summed E-state index contributed by atoms with van der Waals surface area (Å²) < 4.78 is 69.4. The van der Waals surface area contributed by atoms with E-state index in [2.05, 4.69) is 4.98 Å². The second-order valence-electron chi connectivity index (χ2n) is 8.51. The monoisotopic (exact) mass is 536 g/mol. The SMILES string of the molecule is Cc1ccc(C(=O)N(c2ccc(Oc3ncc(S(C)(=O)=O)cc3C(F)(F)F)cc2C(=O)O)C(C)C)cc1. The molecule has 3 rings (SSSR count). The molecule has 0 fully saturated rings. The maximum atomic E-state index is 13.6. The van der Waals surface area contributed by atoms with Gasteiger partial charge in [0.25, 0.3) is 5.91 Å². The fourth-order valence-electron chi connectivity index (χ4n) is 3.45. The molecule has 12 heteroatoms. The Hall–Kier alpha value is -3.93. The molecule has 0 saturated carbocycles. The number of alkyl halides is 3. The number of ether oxygens (including phenoxy) is 1. The third kappa shape index (κ3) is 6.26. The number of carbonyl (C=O) groups is 2. The van der Waals surface area contributed by atoms with E-state index < -0.39 is 55.8 Å². The standard InChI is InChI=1S/C25H23F3N2O6S/c1-14(2)30(23(31)16-7-5-15(3)6-8-16)21-10-9-17(11-19(21)24(32)33)36-22-20(25(26,27)28)12-18(13-29-22)37(4,34)35/h5-14H,1-4H3,(H,32,33). The number of aromatic carboxylic acids is 1. The Labute approximate surface area is 211 Å². The van der Waals surface area contributed by atoms with Gasteiger partial charge in [-0.2, -0.15) is 13.2 Å².